The van der Waals surface area contributed by atoms with Crippen LogP contribution in [0.4, 0.5) is 4.39 Å². The molecule has 0 saturated carbocycles. The Bertz CT molecular complexity index is 476. The van der Waals surface area contributed by atoms with Crippen LogP contribution in [-0.2, 0) is 0 Å². The van der Waals surface area contributed by atoms with E-state index in [0.717, 1.165) is 0 Å². The minimum atomic E-state index is -0.501. The molecule has 0 saturated heterocycles. The Hall–Kier alpha value is -1.52. The van der Waals surface area contributed by atoms with Gasteiger partial charge in [-0.25, -0.2) is 14.6 Å². The minimum absolute atomic E-state index is 0.168. The van der Waals surface area contributed by atoms with Crippen molar-refractivity contribution in [1.29, 1.82) is 0 Å². The largest absolute Gasteiger partial charge is 0.245 e. The molecule has 5 heteroatoms. The molecule has 0 amide bonds. The number of halogens is 1. The second-order valence-electron chi connectivity index (χ2n) is 3.48. The van der Waals surface area contributed by atoms with E-state index in [-0.39, 0.29) is 6.04 Å². The predicted octanol–water partition coefficient (Wildman–Crippen LogP) is 2.88. The highest BCUT2D eigenvalue weighted by Crippen LogP contribution is 2.17. The summed E-state index contributed by atoms with van der Waals surface area (Å²) < 4.78 is 15.0. The van der Waals surface area contributed by atoms with Crippen molar-refractivity contribution in [3.63, 3.8) is 0 Å². The molecule has 0 fully saturated rings. The van der Waals surface area contributed by atoms with E-state index in [4.69, 9.17) is 0 Å². The molecule has 88 valence electrons. The van der Waals surface area contributed by atoms with Gasteiger partial charge in [-0.3, -0.25) is 0 Å². The highest BCUT2D eigenvalue weighted by molar-refractivity contribution is 5.74. The fourth-order valence-corrected chi connectivity index (χ4v) is 1.37. The van der Waals surface area contributed by atoms with Crippen molar-refractivity contribution in [3.05, 3.63) is 18.0 Å². The fraction of sp³-hybridized carbons (Fsp3) is 0.545. The summed E-state index contributed by atoms with van der Waals surface area (Å²) >= 11 is 0. The maximum Gasteiger partial charge on any atom is 0.227 e. The van der Waals surface area contributed by atoms with Crippen molar-refractivity contribution in [1.82, 2.24) is 19.7 Å². The Morgan fingerprint density at radius 1 is 1.25 bits per heavy atom. The van der Waals surface area contributed by atoms with Crippen molar-refractivity contribution < 1.29 is 4.39 Å². The van der Waals surface area contributed by atoms with Crippen LogP contribution in [0.2, 0.25) is 0 Å². The summed E-state index contributed by atoms with van der Waals surface area (Å²) in [6.07, 6.45) is 1.46. The number of rotatable bonds is 1. The molecule has 0 bridgehead atoms. The quantitative estimate of drug-likeness (QED) is 0.699. The van der Waals surface area contributed by atoms with Gasteiger partial charge in [0.15, 0.2) is 5.65 Å². The van der Waals surface area contributed by atoms with Crippen molar-refractivity contribution in [3.8, 4) is 0 Å². The maximum absolute atomic E-state index is 13.3. The van der Waals surface area contributed by atoms with Crippen LogP contribution in [0.15, 0.2) is 6.20 Å². The number of aryl methyl sites for hydroxylation is 1. The monoisotopic (exact) mass is 224 g/mol. The topological polar surface area (TPSA) is 43.6 Å². The maximum atomic E-state index is 13.3. The van der Waals surface area contributed by atoms with E-state index in [0.29, 0.717) is 16.9 Å². The van der Waals surface area contributed by atoms with Gasteiger partial charge in [-0.1, -0.05) is 13.8 Å². The van der Waals surface area contributed by atoms with Gasteiger partial charge in [0, 0.05) is 6.04 Å². The molecule has 2 aromatic heterocycles. The molecule has 0 N–H and O–H groups in total. The third-order valence-corrected chi connectivity index (χ3v) is 2.01. The normalized spacial score (nSPS) is 10.4. The lowest BCUT2D eigenvalue weighted by Crippen LogP contribution is -2.04. The summed E-state index contributed by atoms with van der Waals surface area (Å²) in [5, 5.41) is 4.45. The van der Waals surface area contributed by atoms with Gasteiger partial charge < -0.3 is 0 Å². The summed E-state index contributed by atoms with van der Waals surface area (Å²) in [4.78, 5) is 7.81. The fourth-order valence-electron chi connectivity index (χ4n) is 1.37. The van der Waals surface area contributed by atoms with Crippen LogP contribution in [0.3, 0.4) is 0 Å². The SMILES string of the molecule is CC.Cc1nc(F)c2cnn(C(C)C)c2n1. The second-order valence-corrected chi connectivity index (χ2v) is 3.48. The van der Waals surface area contributed by atoms with Gasteiger partial charge in [0.05, 0.1) is 11.6 Å². The van der Waals surface area contributed by atoms with Crippen LogP contribution < -0.4 is 0 Å². The number of aromatic nitrogens is 4. The van der Waals surface area contributed by atoms with Gasteiger partial charge in [0.1, 0.15) is 5.82 Å². The molecule has 0 aromatic carbocycles. The molecular formula is C11H17FN4. The molecule has 0 radical (unpaired) electrons. The van der Waals surface area contributed by atoms with Crippen molar-refractivity contribution in [2.45, 2.75) is 40.7 Å². The van der Waals surface area contributed by atoms with Crippen LogP contribution in [0, 0.1) is 12.9 Å². The van der Waals surface area contributed by atoms with Crippen LogP contribution in [-0.4, -0.2) is 19.7 Å². The first kappa shape index (κ1) is 12.5. The summed E-state index contributed by atoms with van der Waals surface area (Å²) in [6.45, 7) is 9.61. The van der Waals surface area contributed by atoms with E-state index >= 15 is 0 Å². The lowest BCUT2D eigenvalue weighted by Gasteiger charge is -2.05. The Balaban J connectivity index is 0.000000606. The smallest absolute Gasteiger partial charge is 0.227 e. The van der Waals surface area contributed by atoms with E-state index < -0.39 is 5.95 Å². The molecule has 2 aromatic rings. The first-order chi connectivity index (χ1) is 7.59. The third kappa shape index (κ3) is 2.18. The van der Waals surface area contributed by atoms with E-state index in [9.17, 15) is 4.39 Å². The second kappa shape index (κ2) is 5.01. The van der Waals surface area contributed by atoms with Gasteiger partial charge >= 0.3 is 0 Å². The number of fused-ring (bicyclic) bond motifs is 1. The zero-order valence-corrected chi connectivity index (χ0v) is 10.3. The minimum Gasteiger partial charge on any atom is -0.245 e. The summed E-state index contributed by atoms with van der Waals surface area (Å²) in [6, 6.07) is 0.168. The highest BCUT2D eigenvalue weighted by atomic mass is 19.1. The third-order valence-electron chi connectivity index (χ3n) is 2.01. The predicted molar refractivity (Wildman–Crippen MR) is 61.8 cm³/mol. The lowest BCUT2D eigenvalue weighted by atomic mass is 10.4. The number of hydrogen-bond acceptors (Lipinski definition) is 3. The van der Waals surface area contributed by atoms with Crippen molar-refractivity contribution in [2.75, 3.05) is 0 Å². The highest BCUT2D eigenvalue weighted by Gasteiger charge is 2.12. The molecule has 2 heterocycles. The summed E-state index contributed by atoms with van der Waals surface area (Å²) in [5.74, 6) is -0.0724. The molecule has 0 atom stereocenters. The number of hydrogen-bond donors (Lipinski definition) is 0. The Kier molecular flexibility index (Phi) is 3.93. The van der Waals surface area contributed by atoms with Gasteiger partial charge in [-0.15, -0.1) is 0 Å². The first-order valence-electron chi connectivity index (χ1n) is 5.47. The van der Waals surface area contributed by atoms with Gasteiger partial charge in [0.25, 0.3) is 0 Å². The van der Waals surface area contributed by atoms with Gasteiger partial charge in [-0.05, 0) is 20.8 Å². The molecule has 0 aliphatic rings. The zero-order valence-electron chi connectivity index (χ0n) is 10.3. The van der Waals surface area contributed by atoms with Crippen LogP contribution >= 0.6 is 0 Å². The molecular weight excluding hydrogens is 207 g/mol. The average molecular weight is 224 g/mol. The molecule has 0 unspecified atom stereocenters. The van der Waals surface area contributed by atoms with Crippen LogP contribution in [0.25, 0.3) is 11.0 Å². The van der Waals surface area contributed by atoms with Crippen LogP contribution in [0.1, 0.15) is 39.6 Å². The standard InChI is InChI=1S/C9H11FN4.C2H6/c1-5(2)14-9-7(4-11-14)8(10)12-6(3)13-9;1-2/h4-5H,1-3H3;1-2H3. The average Bonchev–Trinajstić information content (AvgIpc) is 2.64. The van der Waals surface area contributed by atoms with Crippen LogP contribution in [0.5, 0.6) is 0 Å². The Morgan fingerprint density at radius 3 is 2.44 bits per heavy atom. The Labute approximate surface area is 94.5 Å². The number of nitrogens with zero attached hydrogens (tertiary/aromatic N) is 4. The molecule has 2 rings (SSSR count). The van der Waals surface area contributed by atoms with Crippen molar-refractivity contribution >= 4 is 11.0 Å². The molecule has 16 heavy (non-hydrogen) atoms. The molecule has 4 nitrogen and oxygen atoms in total. The van der Waals surface area contributed by atoms with Crippen molar-refractivity contribution in [2.24, 2.45) is 0 Å². The van der Waals surface area contributed by atoms with E-state index in [1.54, 1.807) is 11.6 Å². The van der Waals surface area contributed by atoms with E-state index in [1.807, 2.05) is 27.7 Å². The van der Waals surface area contributed by atoms with Gasteiger partial charge in [-0.2, -0.15) is 9.49 Å². The lowest BCUT2D eigenvalue weighted by molar-refractivity contribution is 0.543. The Morgan fingerprint density at radius 2 is 1.88 bits per heavy atom. The molecule has 0 aliphatic carbocycles. The molecule has 0 aliphatic heterocycles. The zero-order chi connectivity index (χ0) is 12.3. The van der Waals surface area contributed by atoms with E-state index in [2.05, 4.69) is 15.1 Å². The summed E-state index contributed by atoms with van der Waals surface area (Å²) in [5.41, 5.74) is 0.560. The summed E-state index contributed by atoms with van der Waals surface area (Å²) in [7, 11) is 0. The van der Waals surface area contributed by atoms with E-state index in [1.165, 1.54) is 6.20 Å². The molecule has 0 spiro atoms. The first-order valence-corrected chi connectivity index (χ1v) is 5.47. The van der Waals surface area contributed by atoms with Gasteiger partial charge in [0.2, 0.25) is 5.95 Å².